The van der Waals surface area contributed by atoms with Crippen LogP contribution in [0.3, 0.4) is 0 Å². The Morgan fingerprint density at radius 1 is 1.02 bits per heavy atom. The van der Waals surface area contributed by atoms with E-state index in [0.717, 1.165) is 27.1 Å². The second-order valence-corrected chi connectivity index (χ2v) is 10.6. The van der Waals surface area contributed by atoms with Gasteiger partial charge < -0.3 is 24.2 Å². The molecule has 1 N–H and O–H groups in total. The predicted molar refractivity (Wildman–Crippen MR) is 149 cm³/mol. The number of epoxide rings is 1. The smallest absolute Gasteiger partial charge is 0.340 e. The summed E-state index contributed by atoms with van der Waals surface area (Å²) in [6, 6.07) is 17.9. The first-order chi connectivity index (χ1) is 19.2. The Balaban J connectivity index is 1.47. The van der Waals surface area contributed by atoms with E-state index in [1.165, 1.54) is 6.21 Å². The molecule has 1 aliphatic rings. The van der Waals surface area contributed by atoms with Gasteiger partial charge in [0.15, 0.2) is 6.79 Å². The molecule has 0 aliphatic carbocycles. The van der Waals surface area contributed by atoms with E-state index in [9.17, 15) is 14.4 Å². The standard InChI is InChI=1S/C31H35NO8/c1-4-20(28(34)38-18-24-17-37-24)13-23(29(35)39-19-33)15-31(2,3)30(36)40-32-16-27-25-11-7-5-9-21(25)14-22-10-6-8-12-26(22)27/h5-12,14,16,20,23-24,33H,4,13,15,17-19H2,1-3H3/b32-16+. The van der Waals surface area contributed by atoms with Crippen LogP contribution in [0.4, 0.5) is 0 Å². The molecule has 0 radical (unpaired) electrons. The van der Waals surface area contributed by atoms with Crippen molar-refractivity contribution in [1.82, 2.24) is 0 Å². The van der Waals surface area contributed by atoms with Gasteiger partial charge in [0.05, 0.1) is 30.1 Å². The first kappa shape index (κ1) is 29.2. The van der Waals surface area contributed by atoms with Gasteiger partial charge in [-0.05, 0) is 60.7 Å². The first-order valence-electron chi connectivity index (χ1n) is 13.4. The fourth-order valence-electron chi connectivity index (χ4n) is 4.81. The third-order valence-corrected chi connectivity index (χ3v) is 7.19. The van der Waals surface area contributed by atoms with Gasteiger partial charge in [0.2, 0.25) is 0 Å². The molecule has 40 heavy (non-hydrogen) atoms. The molecular formula is C31H35NO8. The molecule has 0 amide bonds. The van der Waals surface area contributed by atoms with Crippen molar-refractivity contribution in [1.29, 1.82) is 0 Å². The van der Waals surface area contributed by atoms with Crippen LogP contribution >= 0.6 is 0 Å². The molecule has 1 saturated heterocycles. The lowest BCUT2D eigenvalue weighted by Crippen LogP contribution is -2.34. The first-order valence-corrected chi connectivity index (χ1v) is 13.4. The van der Waals surface area contributed by atoms with Crippen LogP contribution < -0.4 is 0 Å². The van der Waals surface area contributed by atoms with Crippen molar-refractivity contribution in [2.24, 2.45) is 22.4 Å². The fraction of sp³-hybridized carbons (Fsp3) is 0.419. The third-order valence-electron chi connectivity index (χ3n) is 7.19. The summed E-state index contributed by atoms with van der Waals surface area (Å²) in [5.41, 5.74) is -0.328. The molecule has 3 aromatic carbocycles. The van der Waals surface area contributed by atoms with Crippen molar-refractivity contribution in [2.45, 2.75) is 46.1 Å². The number of carbonyl (C=O) groups excluding carboxylic acids is 3. The lowest BCUT2D eigenvalue weighted by molar-refractivity contribution is -0.163. The van der Waals surface area contributed by atoms with E-state index in [0.29, 0.717) is 13.0 Å². The number of nitrogens with zero attached hydrogens (tertiary/aromatic N) is 1. The number of oxime groups is 1. The van der Waals surface area contributed by atoms with Crippen LogP contribution in [0.1, 0.15) is 45.6 Å². The minimum Gasteiger partial charge on any atom is -0.463 e. The molecule has 0 aromatic heterocycles. The van der Waals surface area contributed by atoms with Gasteiger partial charge in [-0.2, -0.15) is 0 Å². The average molecular weight is 550 g/mol. The van der Waals surface area contributed by atoms with Crippen LogP contribution in [0.5, 0.6) is 0 Å². The Hall–Kier alpha value is -3.82. The van der Waals surface area contributed by atoms with Gasteiger partial charge in [0, 0.05) is 5.56 Å². The number of carbonyl (C=O) groups is 3. The molecule has 3 aromatic rings. The van der Waals surface area contributed by atoms with Crippen molar-refractivity contribution in [3.8, 4) is 0 Å². The number of benzene rings is 3. The van der Waals surface area contributed by atoms with Crippen molar-refractivity contribution in [3.63, 3.8) is 0 Å². The van der Waals surface area contributed by atoms with Gasteiger partial charge in [-0.15, -0.1) is 0 Å². The zero-order valence-electron chi connectivity index (χ0n) is 23.0. The van der Waals surface area contributed by atoms with Crippen LogP contribution in [-0.2, 0) is 33.4 Å². The van der Waals surface area contributed by atoms with E-state index >= 15 is 0 Å². The summed E-state index contributed by atoms with van der Waals surface area (Å²) >= 11 is 0. The third kappa shape index (κ3) is 7.22. The number of ether oxygens (including phenoxy) is 3. The second kappa shape index (κ2) is 13.0. The van der Waals surface area contributed by atoms with Gasteiger partial charge in [-0.1, -0.05) is 60.6 Å². The Labute approximate surface area is 233 Å². The summed E-state index contributed by atoms with van der Waals surface area (Å²) in [4.78, 5) is 43.8. The lowest BCUT2D eigenvalue weighted by Gasteiger charge is -2.27. The summed E-state index contributed by atoms with van der Waals surface area (Å²) < 4.78 is 15.2. The molecule has 0 spiro atoms. The Morgan fingerprint density at radius 2 is 1.62 bits per heavy atom. The molecule has 3 unspecified atom stereocenters. The molecular weight excluding hydrogens is 514 g/mol. The normalized spacial score (nSPS) is 16.6. The highest BCUT2D eigenvalue weighted by atomic mass is 16.7. The topological polar surface area (TPSA) is 124 Å². The molecule has 1 fully saturated rings. The van der Waals surface area contributed by atoms with Gasteiger partial charge in [0.1, 0.15) is 12.7 Å². The molecule has 9 nitrogen and oxygen atoms in total. The molecule has 4 rings (SSSR count). The Morgan fingerprint density at radius 3 is 2.20 bits per heavy atom. The zero-order valence-corrected chi connectivity index (χ0v) is 23.0. The molecule has 1 aliphatic heterocycles. The average Bonchev–Trinajstić information content (AvgIpc) is 3.78. The molecule has 1 heterocycles. The number of hydrogen-bond donors (Lipinski definition) is 1. The predicted octanol–water partition coefficient (Wildman–Crippen LogP) is 4.75. The maximum atomic E-state index is 13.1. The van der Waals surface area contributed by atoms with Crippen LogP contribution in [0, 0.1) is 17.3 Å². The fourth-order valence-corrected chi connectivity index (χ4v) is 4.81. The van der Waals surface area contributed by atoms with E-state index < -0.39 is 42.0 Å². The number of aliphatic hydroxyl groups is 1. The molecule has 212 valence electrons. The van der Waals surface area contributed by atoms with Crippen LogP contribution in [0.25, 0.3) is 21.5 Å². The summed E-state index contributed by atoms with van der Waals surface area (Å²) in [6.07, 6.45) is 2.01. The van der Waals surface area contributed by atoms with Crippen molar-refractivity contribution in [2.75, 3.05) is 20.0 Å². The Kier molecular flexibility index (Phi) is 9.50. The molecule has 3 atom stereocenters. The van der Waals surface area contributed by atoms with Gasteiger partial charge in [0.25, 0.3) is 0 Å². The van der Waals surface area contributed by atoms with E-state index in [1.54, 1.807) is 13.8 Å². The number of fused-ring (bicyclic) bond motifs is 2. The quantitative estimate of drug-likeness (QED) is 0.0616. The van der Waals surface area contributed by atoms with Gasteiger partial charge in [-0.25, -0.2) is 4.79 Å². The molecule has 0 saturated carbocycles. The Bertz CT molecular complexity index is 1340. The SMILES string of the molecule is CCC(CC(CC(C)(C)C(=O)O/N=C/c1c2ccccc2cc2ccccc12)C(=O)OCO)C(=O)OCC1CO1. The highest BCUT2D eigenvalue weighted by molar-refractivity contribution is 6.13. The summed E-state index contributed by atoms with van der Waals surface area (Å²) in [7, 11) is 0. The van der Waals surface area contributed by atoms with Crippen LogP contribution in [-0.4, -0.2) is 55.3 Å². The van der Waals surface area contributed by atoms with Crippen LogP contribution in [0.2, 0.25) is 0 Å². The summed E-state index contributed by atoms with van der Waals surface area (Å²) in [5, 5.41) is 17.2. The van der Waals surface area contributed by atoms with E-state index in [2.05, 4.69) is 11.2 Å². The van der Waals surface area contributed by atoms with Gasteiger partial charge >= 0.3 is 17.9 Å². The highest BCUT2D eigenvalue weighted by Crippen LogP contribution is 2.33. The van der Waals surface area contributed by atoms with E-state index in [4.69, 9.17) is 24.2 Å². The van der Waals surface area contributed by atoms with Gasteiger partial charge in [-0.3, -0.25) is 9.59 Å². The van der Waals surface area contributed by atoms with Crippen LogP contribution in [0.15, 0.2) is 59.8 Å². The molecule has 9 heteroatoms. The van der Waals surface area contributed by atoms with Crippen molar-refractivity contribution in [3.05, 3.63) is 60.2 Å². The minimum atomic E-state index is -1.15. The maximum absolute atomic E-state index is 13.1. The van der Waals surface area contributed by atoms with E-state index in [-0.39, 0.29) is 25.6 Å². The zero-order chi connectivity index (χ0) is 28.7. The van der Waals surface area contributed by atoms with Crippen molar-refractivity contribution >= 4 is 45.7 Å². The largest absolute Gasteiger partial charge is 0.463 e. The maximum Gasteiger partial charge on any atom is 0.340 e. The number of aliphatic hydroxyl groups excluding tert-OH is 1. The highest BCUT2D eigenvalue weighted by Gasteiger charge is 2.38. The number of rotatable bonds is 13. The number of hydrogen-bond acceptors (Lipinski definition) is 9. The summed E-state index contributed by atoms with van der Waals surface area (Å²) in [5.74, 6) is -3.22. The van der Waals surface area contributed by atoms with Crippen molar-refractivity contribution < 1.29 is 38.5 Å². The second-order valence-electron chi connectivity index (χ2n) is 10.6. The lowest BCUT2D eigenvalue weighted by atomic mass is 9.79. The monoisotopic (exact) mass is 549 g/mol. The van der Waals surface area contributed by atoms with E-state index in [1.807, 2.05) is 55.5 Å². The molecule has 0 bridgehead atoms. The minimum absolute atomic E-state index is 0.0207. The summed E-state index contributed by atoms with van der Waals surface area (Å²) in [6.45, 7) is 5.03. The number of esters is 2.